The average Bonchev–Trinajstić information content (AvgIpc) is 2.19. The molecule has 0 aliphatic rings. The Morgan fingerprint density at radius 3 is 0.688 bits per heavy atom. The minimum absolute atomic E-state index is 0. The fraction of sp³-hybridized carbons (Fsp3) is 0.800. The quantitative estimate of drug-likeness (QED) is 0.426. The number of rotatable bonds is 3. The predicted molar refractivity (Wildman–Crippen MR) is 75.5 cm³/mol. The van der Waals surface area contributed by atoms with Crippen LogP contribution in [0.4, 0.5) is 0 Å². The largest absolute Gasteiger partial charge is 4.00 e. The fourth-order valence-corrected chi connectivity index (χ4v) is 0. The Kier molecular flexibility index (Phi) is 34.0. The van der Waals surface area contributed by atoms with E-state index in [-0.39, 0.29) is 27.3 Å². The Balaban J connectivity index is -0.0000000400. The van der Waals surface area contributed by atoms with E-state index in [1.807, 2.05) is 0 Å². The molecule has 0 aromatic carbocycles. The van der Waals surface area contributed by atoms with Crippen LogP contribution in [-0.4, -0.2) is 0 Å². The summed E-state index contributed by atoms with van der Waals surface area (Å²) >= 11 is 0. The summed E-state index contributed by atoms with van der Waals surface area (Å²) < 4.78 is 0. The van der Waals surface area contributed by atoms with Gasteiger partial charge in [0.15, 0.2) is 0 Å². The minimum atomic E-state index is 0. The van der Waals surface area contributed by atoms with Crippen molar-refractivity contribution in [3.05, 3.63) is 20.8 Å². The van der Waals surface area contributed by atoms with Crippen LogP contribution in [0.5, 0.6) is 0 Å². The van der Waals surface area contributed by atoms with Crippen LogP contribution in [0.3, 0.4) is 0 Å². The summed E-state index contributed by atoms with van der Waals surface area (Å²) in [6.45, 7) is 24.0. The number of hydrogen-bond donors (Lipinski definition) is 0. The van der Waals surface area contributed by atoms with Gasteiger partial charge >= 0.3 is 25.8 Å². The molecule has 0 saturated carbocycles. The van der Waals surface area contributed by atoms with E-state index < -0.39 is 0 Å². The van der Waals surface area contributed by atoms with Crippen molar-refractivity contribution in [3.8, 4) is 0 Å². The van der Waals surface area contributed by atoms with Crippen molar-refractivity contribution < 1.29 is 27.3 Å². The van der Waals surface area contributed by atoms with Gasteiger partial charge in [0.05, 0.1) is 0 Å². The van der Waals surface area contributed by atoms with Crippen molar-refractivity contribution in [3.63, 3.8) is 0 Å². The van der Waals surface area contributed by atoms with Crippen LogP contribution in [0.25, 0.3) is 0 Å². The van der Waals surface area contributed by atoms with Crippen LogP contribution in [0.2, 0.25) is 0 Å². The molecule has 0 N–H and O–H groups in total. The summed E-state index contributed by atoms with van der Waals surface area (Å²) in [6.07, 6.45) is 3.17. The van der Waals surface area contributed by atoms with Crippen molar-refractivity contribution >= 4 is 0 Å². The number of hydrogen-bond acceptors (Lipinski definition) is 0. The van der Waals surface area contributed by atoms with Gasteiger partial charge in [-0.25, -0.2) is 0 Å². The monoisotopic (exact) mass is 394 g/mol. The third kappa shape index (κ3) is 60.6. The van der Waals surface area contributed by atoms with E-state index >= 15 is 0 Å². The molecular formula is C15H34Hf. The van der Waals surface area contributed by atoms with Gasteiger partial charge in [0, 0.05) is 0 Å². The fourth-order valence-electron chi connectivity index (χ4n) is 0. The van der Waals surface area contributed by atoms with Gasteiger partial charge in [-0.2, -0.15) is 19.3 Å². The van der Waals surface area contributed by atoms with E-state index in [2.05, 4.69) is 62.3 Å². The molecule has 16 heavy (non-hydrogen) atoms. The maximum Gasteiger partial charge on any atom is 4.00 e. The second kappa shape index (κ2) is 21.2. The van der Waals surface area contributed by atoms with E-state index in [1.54, 1.807) is 0 Å². The maximum atomic E-state index is 3.69. The van der Waals surface area contributed by atoms with Crippen LogP contribution < -0.4 is 0 Å². The van der Waals surface area contributed by atoms with Crippen LogP contribution in [0.15, 0.2) is 0 Å². The zero-order valence-corrected chi connectivity index (χ0v) is 16.1. The average molecular weight is 393 g/mol. The van der Waals surface area contributed by atoms with Crippen molar-refractivity contribution in [2.24, 2.45) is 17.8 Å². The Morgan fingerprint density at radius 2 is 0.688 bits per heavy atom. The van der Waals surface area contributed by atoms with Gasteiger partial charge in [0.1, 0.15) is 0 Å². The second-order valence-electron chi connectivity index (χ2n) is 5.05. The molecule has 0 nitrogen and oxygen atoms in total. The molecule has 0 spiro atoms. The molecule has 0 aliphatic carbocycles. The SMILES string of the molecule is [CH2-]CC(C)C.[CH2-]CC(C)C.[CH2-]CC(C)C.[H-].[Hf+4]. The molecule has 0 unspecified atom stereocenters. The van der Waals surface area contributed by atoms with Gasteiger partial charge < -0.3 is 22.2 Å². The molecule has 0 aliphatic heterocycles. The second-order valence-corrected chi connectivity index (χ2v) is 5.05. The van der Waals surface area contributed by atoms with Crippen molar-refractivity contribution in [2.75, 3.05) is 0 Å². The van der Waals surface area contributed by atoms with E-state index in [1.165, 1.54) is 0 Å². The molecule has 0 heterocycles. The molecule has 0 bridgehead atoms. The van der Waals surface area contributed by atoms with Crippen LogP contribution >= 0.6 is 0 Å². The Labute approximate surface area is 126 Å². The van der Waals surface area contributed by atoms with Crippen LogP contribution in [0, 0.1) is 38.5 Å². The van der Waals surface area contributed by atoms with Gasteiger partial charge in [0.2, 0.25) is 0 Å². The van der Waals surface area contributed by atoms with Gasteiger partial charge in [-0.05, 0) is 0 Å². The first-order chi connectivity index (χ1) is 6.81. The third-order valence-corrected chi connectivity index (χ3v) is 1.73. The molecule has 0 aromatic heterocycles. The predicted octanol–water partition coefficient (Wildman–Crippen LogP) is 5.71. The van der Waals surface area contributed by atoms with Crippen molar-refractivity contribution in [1.82, 2.24) is 0 Å². The molecule has 0 rings (SSSR count). The van der Waals surface area contributed by atoms with Crippen LogP contribution in [0.1, 0.15) is 62.2 Å². The summed E-state index contributed by atoms with van der Waals surface area (Å²) in [5.41, 5.74) is 0. The molecule has 98 valence electrons. The first-order valence-electron chi connectivity index (χ1n) is 6.19. The Bertz CT molecular complexity index is 71.9. The molecule has 1 heteroatoms. The van der Waals surface area contributed by atoms with E-state index in [0.29, 0.717) is 0 Å². The van der Waals surface area contributed by atoms with Gasteiger partial charge in [-0.1, -0.05) is 59.3 Å². The molecule has 0 radical (unpaired) electrons. The van der Waals surface area contributed by atoms with E-state index in [9.17, 15) is 0 Å². The van der Waals surface area contributed by atoms with Crippen molar-refractivity contribution in [1.29, 1.82) is 0 Å². The smallest absolute Gasteiger partial charge is 1.00 e. The molecule has 0 aromatic rings. The standard InChI is InChI=1S/3C5H11.Hf.H/c3*1-4-5(2)3;;/h3*5H,1,4H2,2-3H3;;/q3*-1;+4;-1. The summed E-state index contributed by atoms with van der Waals surface area (Å²) in [5, 5.41) is 0. The Hall–Kier alpha value is 0.870. The van der Waals surface area contributed by atoms with E-state index in [0.717, 1.165) is 37.0 Å². The first kappa shape index (κ1) is 25.7. The molecule has 0 atom stereocenters. The molecule has 0 fully saturated rings. The molecular weight excluding hydrogens is 359 g/mol. The normalized spacial score (nSPS) is 9.00. The van der Waals surface area contributed by atoms with Crippen molar-refractivity contribution in [2.45, 2.75) is 60.8 Å². The summed E-state index contributed by atoms with van der Waals surface area (Å²) in [6, 6.07) is 0. The zero-order chi connectivity index (χ0) is 12.9. The van der Waals surface area contributed by atoms with E-state index in [4.69, 9.17) is 0 Å². The zero-order valence-electron chi connectivity index (χ0n) is 13.5. The summed E-state index contributed by atoms with van der Waals surface area (Å²) in [7, 11) is 0. The Morgan fingerprint density at radius 1 is 0.625 bits per heavy atom. The van der Waals surface area contributed by atoms with Crippen LogP contribution in [-0.2, 0) is 25.8 Å². The van der Waals surface area contributed by atoms with Gasteiger partial charge in [0.25, 0.3) is 0 Å². The van der Waals surface area contributed by atoms with Gasteiger partial charge in [-0.15, -0.1) is 0 Å². The molecule has 0 saturated heterocycles. The minimum Gasteiger partial charge on any atom is -1.00 e. The summed E-state index contributed by atoms with van der Waals surface area (Å²) in [4.78, 5) is 0. The molecule has 0 amide bonds. The third-order valence-electron chi connectivity index (χ3n) is 1.73. The maximum absolute atomic E-state index is 3.69. The topological polar surface area (TPSA) is 0 Å². The first-order valence-corrected chi connectivity index (χ1v) is 6.19. The summed E-state index contributed by atoms with van der Waals surface area (Å²) in [5.74, 6) is 2.32. The van der Waals surface area contributed by atoms with Gasteiger partial charge in [-0.3, -0.25) is 0 Å².